The molecule has 0 saturated heterocycles. The number of halogens is 3. The molecule has 0 heterocycles. The Kier molecular flexibility index (Phi) is 4.62. The first kappa shape index (κ1) is 13.0. The minimum Gasteiger partial charge on any atom is -0.480 e. The Morgan fingerprint density at radius 3 is 2.21 bits per heavy atom. The highest BCUT2D eigenvalue weighted by Crippen LogP contribution is 2.16. The molecular formula is C8H12F3NO2. The fraction of sp³-hybridized carbons (Fsp3) is 0.625. The largest absolute Gasteiger partial charge is 0.480 e. The van der Waals surface area contributed by atoms with Crippen LogP contribution in [0.5, 0.6) is 0 Å². The first-order valence-corrected chi connectivity index (χ1v) is 3.86. The normalized spacial score (nSPS) is 11.8. The van der Waals surface area contributed by atoms with Gasteiger partial charge in [0.05, 0.1) is 13.1 Å². The van der Waals surface area contributed by atoms with E-state index in [-0.39, 0.29) is 6.54 Å². The lowest BCUT2D eigenvalue weighted by molar-refractivity contribution is -0.153. The highest BCUT2D eigenvalue weighted by atomic mass is 19.4. The molecule has 0 aromatic carbocycles. The Morgan fingerprint density at radius 2 is 1.93 bits per heavy atom. The average molecular weight is 211 g/mol. The molecule has 82 valence electrons. The van der Waals surface area contributed by atoms with Gasteiger partial charge in [-0.15, -0.1) is 0 Å². The summed E-state index contributed by atoms with van der Waals surface area (Å²) in [6.07, 6.45) is -4.38. The van der Waals surface area contributed by atoms with Gasteiger partial charge in [-0.1, -0.05) is 12.2 Å². The van der Waals surface area contributed by atoms with Crippen molar-refractivity contribution < 1.29 is 23.1 Å². The second-order valence-electron chi connectivity index (χ2n) is 3.11. The quantitative estimate of drug-likeness (QED) is 0.701. The van der Waals surface area contributed by atoms with Crippen LogP contribution in [-0.4, -0.2) is 41.8 Å². The molecule has 0 saturated carbocycles. The number of carbonyl (C=O) groups is 1. The minimum atomic E-state index is -4.38. The van der Waals surface area contributed by atoms with Crippen LogP contribution < -0.4 is 0 Å². The van der Waals surface area contributed by atoms with Gasteiger partial charge in [-0.2, -0.15) is 13.2 Å². The molecule has 0 aliphatic heterocycles. The summed E-state index contributed by atoms with van der Waals surface area (Å²) in [4.78, 5) is 11.0. The van der Waals surface area contributed by atoms with E-state index in [0.717, 1.165) is 4.90 Å². The SMILES string of the molecule is C=C(C)CN(CC(=O)O)CC(F)(F)F. The summed E-state index contributed by atoms with van der Waals surface area (Å²) in [5, 5.41) is 8.35. The minimum absolute atomic E-state index is 0.0637. The molecule has 0 bridgehead atoms. The lowest BCUT2D eigenvalue weighted by atomic mass is 10.3. The zero-order valence-corrected chi connectivity index (χ0v) is 7.76. The molecule has 0 rings (SSSR count). The van der Waals surface area contributed by atoms with Crippen LogP contribution in [0.2, 0.25) is 0 Å². The smallest absolute Gasteiger partial charge is 0.401 e. The highest BCUT2D eigenvalue weighted by molar-refractivity contribution is 5.69. The number of alkyl halides is 3. The standard InChI is InChI=1S/C8H12F3NO2/c1-6(2)3-12(4-7(13)14)5-8(9,10)11/h1,3-5H2,2H3,(H,13,14). The van der Waals surface area contributed by atoms with Gasteiger partial charge in [0.2, 0.25) is 0 Å². The first-order chi connectivity index (χ1) is 6.20. The molecule has 14 heavy (non-hydrogen) atoms. The van der Waals surface area contributed by atoms with Crippen LogP contribution in [0.15, 0.2) is 12.2 Å². The van der Waals surface area contributed by atoms with Crippen molar-refractivity contribution in [3.63, 3.8) is 0 Å². The Labute approximate surface area is 79.8 Å². The van der Waals surface area contributed by atoms with E-state index in [9.17, 15) is 18.0 Å². The van der Waals surface area contributed by atoms with Gasteiger partial charge in [-0.25, -0.2) is 0 Å². The summed E-state index contributed by atoms with van der Waals surface area (Å²) < 4.78 is 35.8. The summed E-state index contributed by atoms with van der Waals surface area (Å²) in [5.74, 6) is -1.28. The third-order valence-corrected chi connectivity index (χ3v) is 1.26. The van der Waals surface area contributed by atoms with Crippen molar-refractivity contribution in [2.75, 3.05) is 19.6 Å². The lowest BCUT2D eigenvalue weighted by Crippen LogP contribution is -2.38. The van der Waals surface area contributed by atoms with E-state index in [2.05, 4.69) is 6.58 Å². The monoisotopic (exact) mass is 211 g/mol. The zero-order valence-electron chi connectivity index (χ0n) is 7.76. The van der Waals surface area contributed by atoms with Crippen molar-refractivity contribution in [1.29, 1.82) is 0 Å². The second-order valence-corrected chi connectivity index (χ2v) is 3.11. The van der Waals surface area contributed by atoms with Crippen molar-refractivity contribution in [3.8, 4) is 0 Å². The molecule has 3 nitrogen and oxygen atoms in total. The summed E-state index contributed by atoms with van der Waals surface area (Å²) >= 11 is 0. The number of nitrogens with zero attached hydrogens (tertiary/aromatic N) is 1. The molecule has 0 atom stereocenters. The van der Waals surface area contributed by atoms with Gasteiger partial charge in [0, 0.05) is 6.54 Å². The molecule has 0 aliphatic rings. The zero-order chi connectivity index (χ0) is 11.4. The van der Waals surface area contributed by atoms with Gasteiger partial charge >= 0.3 is 12.1 Å². The molecule has 0 amide bonds. The van der Waals surface area contributed by atoms with E-state index in [4.69, 9.17) is 5.11 Å². The molecule has 0 radical (unpaired) electrons. The maximum absolute atomic E-state index is 11.9. The Balaban J connectivity index is 4.24. The molecule has 0 aromatic rings. The summed E-state index contributed by atoms with van der Waals surface area (Å²) in [5.41, 5.74) is 0.496. The Morgan fingerprint density at radius 1 is 1.43 bits per heavy atom. The lowest BCUT2D eigenvalue weighted by Gasteiger charge is -2.21. The molecular weight excluding hydrogens is 199 g/mol. The van der Waals surface area contributed by atoms with Gasteiger partial charge in [0.25, 0.3) is 0 Å². The van der Waals surface area contributed by atoms with Crippen LogP contribution in [0.3, 0.4) is 0 Å². The number of rotatable bonds is 5. The summed E-state index contributed by atoms with van der Waals surface area (Å²) in [6, 6.07) is 0. The fourth-order valence-corrected chi connectivity index (χ4v) is 0.994. The third-order valence-electron chi connectivity index (χ3n) is 1.26. The van der Waals surface area contributed by atoms with Crippen molar-refractivity contribution >= 4 is 5.97 Å². The Bertz CT molecular complexity index is 209. The maximum atomic E-state index is 11.9. The molecule has 0 fully saturated rings. The molecule has 0 unspecified atom stereocenters. The van der Waals surface area contributed by atoms with Crippen LogP contribution in [0.1, 0.15) is 6.92 Å². The average Bonchev–Trinajstić information content (AvgIpc) is 1.77. The third kappa shape index (κ3) is 7.60. The van der Waals surface area contributed by atoms with E-state index >= 15 is 0 Å². The van der Waals surface area contributed by atoms with Crippen molar-refractivity contribution in [1.82, 2.24) is 4.90 Å². The summed E-state index contributed by atoms with van der Waals surface area (Å²) in [7, 11) is 0. The van der Waals surface area contributed by atoms with Crippen LogP contribution >= 0.6 is 0 Å². The van der Waals surface area contributed by atoms with E-state index in [1.807, 2.05) is 0 Å². The molecule has 0 aromatic heterocycles. The van der Waals surface area contributed by atoms with Gasteiger partial charge in [-0.3, -0.25) is 9.69 Å². The highest BCUT2D eigenvalue weighted by Gasteiger charge is 2.31. The van der Waals surface area contributed by atoms with Crippen LogP contribution in [-0.2, 0) is 4.79 Å². The first-order valence-electron chi connectivity index (χ1n) is 3.86. The van der Waals surface area contributed by atoms with Crippen LogP contribution in [0, 0.1) is 0 Å². The van der Waals surface area contributed by atoms with E-state index < -0.39 is 25.2 Å². The predicted octanol–water partition coefficient (Wildman–Crippen LogP) is 1.51. The number of hydrogen-bond acceptors (Lipinski definition) is 2. The number of carboxylic acid groups (broad SMARTS) is 1. The van der Waals surface area contributed by atoms with Crippen molar-refractivity contribution in [2.45, 2.75) is 13.1 Å². The predicted molar refractivity (Wildman–Crippen MR) is 44.9 cm³/mol. The number of aliphatic carboxylic acids is 1. The van der Waals surface area contributed by atoms with Crippen molar-refractivity contribution in [3.05, 3.63) is 12.2 Å². The van der Waals surface area contributed by atoms with E-state index in [1.54, 1.807) is 6.92 Å². The fourth-order valence-electron chi connectivity index (χ4n) is 0.994. The van der Waals surface area contributed by atoms with Gasteiger partial charge in [0.1, 0.15) is 0 Å². The summed E-state index contributed by atoms with van der Waals surface area (Å²) in [6.45, 7) is 3.05. The molecule has 0 aliphatic carbocycles. The van der Waals surface area contributed by atoms with Crippen LogP contribution in [0.25, 0.3) is 0 Å². The van der Waals surface area contributed by atoms with E-state index in [0.29, 0.717) is 5.57 Å². The molecule has 6 heteroatoms. The Hall–Kier alpha value is -1.04. The number of carboxylic acids is 1. The van der Waals surface area contributed by atoms with Crippen molar-refractivity contribution in [2.24, 2.45) is 0 Å². The van der Waals surface area contributed by atoms with E-state index in [1.165, 1.54) is 0 Å². The van der Waals surface area contributed by atoms with Gasteiger partial charge in [-0.05, 0) is 6.92 Å². The maximum Gasteiger partial charge on any atom is 0.401 e. The molecule has 0 spiro atoms. The molecule has 1 N–H and O–H groups in total. The topological polar surface area (TPSA) is 40.5 Å². The second kappa shape index (κ2) is 4.99. The van der Waals surface area contributed by atoms with Gasteiger partial charge < -0.3 is 5.11 Å². The van der Waals surface area contributed by atoms with Crippen LogP contribution in [0.4, 0.5) is 13.2 Å². The van der Waals surface area contributed by atoms with Gasteiger partial charge in [0.15, 0.2) is 0 Å². The number of hydrogen-bond donors (Lipinski definition) is 1.